The first-order chi connectivity index (χ1) is 15.1. The van der Waals surface area contributed by atoms with Crippen molar-refractivity contribution in [2.75, 3.05) is 13.2 Å². The average Bonchev–Trinajstić information content (AvgIpc) is 3.43. The van der Waals surface area contributed by atoms with E-state index in [1.165, 1.54) is 6.26 Å². The van der Waals surface area contributed by atoms with Crippen LogP contribution in [0.3, 0.4) is 0 Å². The first-order valence-electron chi connectivity index (χ1n) is 9.78. The molecule has 0 spiro atoms. The topological polar surface area (TPSA) is 123 Å². The van der Waals surface area contributed by atoms with Crippen molar-refractivity contribution in [1.82, 2.24) is 15.6 Å². The van der Waals surface area contributed by atoms with E-state index in [9.17, 15) is 14.4 Å². The van der Waals surface area contributed by atoms with Crippen molar-refractivity contribution in [2.24, 2.45) is 0 Å². The first-order valence-corrected chi connectivity index (χ1v) is 9.78. The molecule has 0 aliphatic carbocycles. The number of rotatable bonds is 7. The Kier molecular flexibility index (Phi) is 5.74. The van der Waals surface area contributed by atoms with E-state index < -0.39 is 24.0 Å². The summed E-state index contributed by atoms with van der Waals surface area (Å²) in [7, 11) is 0. The molecule has 1 atom stereocenters. The monoisotopic (exact) mass is 423 g/mol. The Hall–Kier alpha value is -4.01. The van der Waals surface area contributed by atoms with Gasteiger partial charge in [0.2, 0.25) is 0 Å². The van der Waals surface area contributed by atoms with Gasteiger partial charge >= 0.3 is 18.0 Å². The molecule has 0 bridgehead atoms. The quantitative estimate of drug-likeness (QED) is 0.502. The maximum Gasteiger partial charge on any atom is 0.338 e. The number of carbonyl (C=O) groups excluding carboxylic acids is 3. The zero-order valence-electron chi connectivity index (χ0n) is 16.8. The van der Waals surface area contributed by atoms with Crippen molar-refractivity contribution in [1.29, 1.82) is 0 Å². The number of H-pyrrole nitrogens is 1. The van der Waals surface area contributed by atoms with Crippen molar-refractivity contribution in [3.8, 4) is 0 Å². The van der Waals surface area contributed by atoms with E-state index in [2.05, 4.69) is 15.6 Å². The summed E-state index contributed by atoms with van der Waals surface area (Å²) in [6, 6.07) is 9.50. The van der Waals surface area contributed by atoms with Crippen LogP contribution in [-0.4, -0.2) is 36.2 Å². The number of fused-ring (bicyclic) bond motifs is 1. The lowest BCUT2D eigenvalue weighted by Gasteiger charge is -2.27. The Morgan fingerprint density at radius 2 is 1.97 bits per heavy atom. The molecule has 9 heteroatoms. The largest absolute Gasteiger partial charge is 0.467 e. The molecule has 1 aliphatic heterocycles. The molecule has 0 fully saturated rings. The summed E-state index contributed by atoms with van der Waals surface area (Å²) in [5.74, 6) is -0.776. The van der Waals surface area contributed by atoms with Gasteiger partial charge in [0.25, 0.3) is 0 Å². The highest BCUT2D eigenvalue weighted by molar-refractivity contribution is 5.95. The van der Waals surface area contributed by atoms with E-state index in [0.717, 1.165) is 16.5 Å². The zero-order valence-corrected chi connectivity index (χ0v) is 16.8. The van der Waals surface area contributed by atoms with Gasteiger partial charge in [0.15, 0.2) is 0 Å². The fourth-order valence-corrected chi connectivity index (χ4v) is 3.49. The Morgan fingerprint density at radius 3 is 2.74 bits per heavy atom. The van der Waals surface area contributed by atoms with Crippen LogP contribution in [0.4, 0.5) is 4.79 Å². The minimum absolute atomic E-state index is 0.0415. The highest BCUT2D eigenvalue weighted by atomic mass is 16.5. The molecule has 1 aromatic carbocycles. The van der Waals surface area contributed by atoms with E-state index >= 15 is 0 Å². The minimum Gasteiger partial charge on any atom is -0.467 e. The molecule has 4 rings (SSSR count). The van der Waals surface area contributed by atoms with Crippen LogP contribution in [-0.2, 0) is 25.5 Å². The van der Waals surface area contributed by atoms with Gasteiger partial charge in [-0.15, -0.1) is 0 Å². The van der Waals surface area contributed by atoms with E-state index in [-0.39, 0.29) is 30.9 Å². The van der Waals surface area contributed by atoms with Crippen molar-refractivity contribution in [3.05, 3.63) is 71.5 Å². The smallest absolute Gasteiger partial charge is 0.338 e. The van der Waals surface area contributed by atoms with Crippen molar-refractivity contribution >= 4 is 28.9 Å². The van der Waals surface area contributed by atoms with E-state index in [1.807, 2.05) is 24.3 Å². The van der Waals surface area contributed by atoms with Crippen LogP contribution in [0.25, 0.3) is 10.9 Å². The summed E-state index contributed by atoms with van der Waals surface area (Å²) in [4.78, 5) is 40.3. The van der Waals surface area contributed by atoms with Crippen molar-refractivity contribution in [3.63, 3.8) is 0 Å². The Bertz CT molecular complexity index is 1150. The van der Waals surface area contributed by atoms with Gasteiger partial charge in [-0.3, -0.25) is 4.79 Å². The van der Waals surface area contributed by atoms with Gasteiger partial charge in [0.05, 0.1) is 30.6 Å². The third-order valence-corrected chi connectivity index (χ3v) is 4.86. The molecule has 1 unspecified atom stereocenters. The Balaban J connectivity index is 1.54. The number of hydrogen-bond donors (Lipinski definition) is 3. The maximum atomic E-state index is 12.6. The van der Waals surface area contributed by atoms with Crippen LogP contribution < -0.4 is 10.6 Å². The van der Waals surface area contributed by atoms with Crippen molar-refractivity contribution in [2.45, 2.75) is 19.4 Å². The highest BCUT2D eigenvalue weighted by Crippen LogP contribution is 2.28. The van der Waals surface area contributed by atoms with E-state index in [1.54, 1.807) is 25.3 Å². The average molecular weight is 423 g/mol. The molecule has 0 saturated carbocycles. The lowest BCUT2D eigenvalue weighted by atomic mass is 10.0. The molecule has 9 nitrogen and oxygen atoms in total. The van der Waals surface area contributed by atoms with Gasteiger partial charge < -0.3 is 29.5 Å². The van der Waals surface area contributed by atoms with Gasteiger partial charge in [0, 0.05) is 17.1 Å². The van der Waals surface area contributed by atoms with Gasteiger partial charge in [-0.05, 0) is 30.7 Å². The Morgan fingerprint density at radius 1 is 1.13 bits per heavy atom. The van der Waals surface area contributed by atoms with E-state index in [0.29, 0.717) is 5.76 Å². The molecule has 2 amide bonds. The molecule has 0 saturated heterocycles. The zero-order chi connectivity index (χ0) is 21.8. The Labute approximate surface area is 177 Å². The molecule has 3 N–H and O–H groups in total. The van der Waals surface area contributed by atoms with Crippen LogP contribution in [0.5, 0.6) is 0 Å². The number of esters is 2. The number of amides is 2. The van der Waals surface area contributed by atoms with Gasteiger partial charge in [-0.25, -0.2) is 9.59 Å². The van der Waals surface area contributed by atoms with Crippen LogP contribution in [0.2, 0.25) is 0 Å². The number of aromatic amines is 1. The van der Waals surface area contributed by atoms with E-state index in [4.69, 9.17) is 13.9 Å². The van der Waals surface area contributed by atoms with Gasteiger partial charge in [0.1, 0.15) is 18.4 Å². The predicted octanol–water partition coefficient (Wildman–Crippen LogP) is 2.72. The summed E-state index contributed by atoms with van der Waals surface area (Å²) in [6.07, 6.45) is 3.24. The number of hydrogen-bond acceptors (Lipinski definition) is 6. The van der Waals surface area contributed by atoms with Crippen molar-refractivity contribution < 1.29 is 28.3 Å². The lowest BCUT2D eigenvalue weighted by molar-refractivity contribution is -0.143. The normalized spacial score (nSPS) is 16.0. The van der Waals surface area contributed by atoms with Crippen LogP contribution >= 0.6 is 0 Å². The standard InChI is InChI=1S/C22H21N3O6/c1-2-29-21(27)19-16(24-22(28)25-20(19)17-8-5-9-30-17)12-31-18(26)10-13-11-23-15-7-4-3-6-14(13)15/h3-9,11,20,23H,2,10,12H2,1H3,(H2,24,25,28). The predicted molar refractivity (Wildman–Crippen MR) is 110 cm³/mol. The number of benzene rings is 1. The first kappa shape index (κ1) is 20.3. The lowest BCUT2D eigenvalue weighted by Crippen LogP contribution is -2.47. The second kappa shape index (κ2) is 8.78. The summed E-state index contributed by atoms with van der Waals surface area (Å²) in [5, 5.41) is 6.11. The van der Waals surface area contributed by atoms with Crippen LogP contribution in [0, 0.1) is 0 Å². The summed E-state index contributed by atoms with van der Waals surface area (Å²) in [6.45, 7) is 1.53. The second-order valence-corrected chi connectivity index (χ2v) is 6.86. The highest BCUT2D eigenvalue weighted by Gasteiger charge is 2.35. The third kappa shape index (κ3) is 4.30. The number of nitrogens with one attached hydrogen (secondary N) is 3. The fourth-order valence-electron chi connectivity index (χ4n) is 3.49. The number of urea groups is 1. The molecule has 31 heavy (non-hydrogen) atoms. The molecule has 1 aliphatic rings. The molecule has 2 aromatic heterocycles. The molecule has 0 radical (unpaired) electrons. The third-order valence-electron chi connectivity index (χ3n) is 4.86. The molecular formula is C22H21N3O6. The van der Waals surface area contributed by atoms with Crippen LogP contribution in [0.15, 0.2) is 64.5 Å². The van der Waals surface area contributed by atoms with Gasteiger partial charge in [-0.2, -0.15) is 0 Å². The molecule has 160 valence electrons. The molecule has 3 aromatic rings. The second-order valence-electron chi connectivity index (χ2n) is 6.86. The number of aromatic nitrogens is 1. The number of ether oxygens (including phenoxy) is 2. The number of para-hydroxylation sites is 1. The summed E-state index contributed by atoms with van der Waals surface area (Å²) in [5.41, 5.74) is 1.99. The number of carbonyl (C=O) groups is 3. The minimum atomic E-state index is -0.856. The van der Waals surface area contributed by atoms with Crippen LogP contribution in [0.1, 0.15) is 24.3 Å². The fraction of sp³-hybridized carbons (Fsp3) is 0.227. The number of furan rings is 1. The summed E-state index contributed by atoms with van der Waals surface area (Å²) < 4.78 is 15.9. The molecule has 3 heterocycles. The maximum absolute atomic E-state index is 12.6. The SMILES string of the molecule is CCOC(=O)C1=C(COC(=O)Cc2c[nH]c3ccccc23)NC(=O)NC1c1ccco1. The summed E-state index contributed by atoms with van der Waals surface area (Å²) >= 11 is 0. The molecular weight excluding hydrogens is 402 g/mol. The van der Waals surface area contributed by atoms with Gasteiger partial charge in [-0.1, -0.05) is 18.2 Å².